The van der Waals surface area contributed by atoms with Crippen LogP contribution in [0.1, 0.15) is 38.3 Å². The lowest BCUT2D eigenvalue weighted by molar-refractivity contribution is -0.157. The highest BCUT2D eigenvalue weighted by molar-refractivity contribution is 5.71. The number of aryl methyl sites for hydroxylation is 1. The number of rotatable bonds is 10. The van der Waals surface area contributed by atoms with Gasteiger partial charge in [0.05, 0.1) is 21.3 Å². The van der Waals surface area contributed by atoms with Gasteiger partial charge < -0.3 is 23.7 Å². The number of carbonyl (C=O) groups is 1. The van der Waals surface area contributed by atoms with Crippen molar-refractivity contribution >= 4 is 5.97 Å². The zero-order chi connectivity index (χ0) is 22.1. The Balaban J connectivity index is 1.98. The third-order valence-electron chi connectivity index (χ3n) is 4.39. The van der Waals surface area contributed by atoms with E-state index in [1.165, 1.54) is 0 Å². The lowest BCUT2D eigenvalue weighted by Gasteiger charge is -2.19. The van der Waals surface area contributed by atoms with Crippen molar-refractivity contribution in [2.45, 2.75) is 45.6 Å². The molecule has 0 spiro atoms. The summed E-state index contributed by atoms with van der Waals surface area (Å²) in [7, 11) is 4.90. The first-order valence-corrected chi connectivity index (χ1v) is 9.99. The first kappa shape index (κ1) is 23.4. The van der Waals surface area contributed by atoms with Crippen LogP contribution in [0.3, 0.4) is 0 Å². The fourth-order valence-corrected chi connectivity index (χ4v) is 3.17. The topological polar surface area (TPSA) is 63.2 Å². The Kier molecular flexibility index (Phi) is 8.39. The van der Waals surface area contributed by atoms with Crippen LogP contribution in [-0.2, 0) is 22.4 Å². The van der Waals surface area contributed by atoms with E-state index in [4.69, 9.17) is 23.7 Å². The first-order valence-electron chi connectivity index (χ1n) is 9.99. The van der Waals surface area contributed by atoms with E-state index in [1.54, 1.807) is 21.3 Å². The van der Waals surface area contributed by atoms with Crippen LogP contribution in [-0.4, -0.2) is 39.5 Å². The van der Waals surface area contributed by atoms with Crippen molar-refractivity contribution in [1.29, 1.82) is 0 Å². The highest BCUT2D eigenvalue weighted by Gasteiger charge is 2.17. The molecule has 0 atom stereocenters. The van der Waals surface area contributed by atoms with E-state index in [-0.39, 0.29) is 12.6 Å². The molecule has 0 aliphatic rings. The van der Waals surface area contributed by atoms with Crippen molar-refractivity contribution in [2.75, 3.05) is 27.9 Å². The fourth-order valence-electron chi connectivity index (χ4n) is 3.17. The molecule has 164 valence electrons. The normalized spacial score (nSPS) is 11.0. The minimum Gasteiger partial charge on any atom is -0.496 e. The number of ether oxygens (including phenoxy) is 5. The SMILES string of the molecule is COc1ccc(OC)c(OC)c1CCCc1cccc(OCC(=O)OC(C)(C)C)c1. The monoisotopic (exact) mass is 416 g/mol. The third kappa shape index (κ3) is 6.87. The maximum atomic E-state index is 11.8. The van der Waals surface area contributed by atoms with Crippen LogP contribution in [0.2, 0.25) is 0 Å². The van der Waals surface area contributed by atoms with Gasteiger partial charge in [0.1, 0.15) is 17.1 Å². The van der Waals surface area contributed by atoms with Crippen molar-refractivity contribution in [2.24, 2.45) is 0 Å². The molecule has 0 aliphatic carbocycles. The number of esters is 1. The third-order valence-corrected chi connectivity index (χ3v) is 4.39. The molecule has 0 saturated carbocycles. The van der Waals surface area contributed by atoms with Crippen LogP contribution in [0.5, 0.6) is 23.0 Å². The maximum absolute atomic E-state index is 11.8. The number of hydrogen-bond donors (Lipinski definition) is 0. The summed E-state index contributed by atoms with van der Waals surface area (Å²) < 4.78 is 27.3. The minimum atomic E-state index is -0.523. The van der Waals surface area contributed by atoms with Crippen molar-refractivity contribution in [3.05, 3.63) is 47.5 Å². The van der Waals surface area contributed by atoms with E-state index in [1.807, 2.05) is 57.2 Å². The second kappa shape index (κ2) is 10.8. The molecule has 0 amide bonds. The van der Waals surface area contributed by atoms with Gasteiger partial charge in [0.25, 0.3) is 0 Å². The van der Waals surface area contributed by atoms with Crippen LogP contribution < -0.4 is 18.9 Å². The van der Waals surface area contributed by atoms with E-state index in [2.05, 4.69) is 0 Å². The predicted molar refractivity (Wildman–Crippen MR) is 116 cm³/mol. The zero-order valence-corrected chi connectivity index (χ0v) is 18.7. The molecule has 0 bridgehead atoms. The second-order valence-corrected chi connectivity index (χ2v) is 7.86. The van der Waals surface area contributed by atoms with Crippen LogP contribution in [0.4, 0.5) is 0 Å². The largest absolute Gasteiger partial charge is 0.496 e. The van der Waals surface area contributed by atoms with E-state index >= 15 is 0 Å². The van der Waals surface area contributed by atoms with Gasteiger partial charge in [-0.05, 0) is 69.9 Å². The van der Waals surface area contributed by atoms with Crippen molar-refractivity contribution in [1.82, 2.24) is 0 Å². The zero-order valence-electron chi connectivity index (χ0n) is 18.7. The lowest BCUT2D eigenvalue weighted by Crippen LogP contribution is -2.27. The molecule has 6 nitrogen and oxygen atoms in total. The molecule has 0 saturated heterocycles. The van der Waals surface area contributed by atoms with Gasteiger partial charge in [-0.25, -0.2) is 4.79 Å². The Hall–Kier alpha value is -2.89. The number of methoxy groups -OCH3 is 3. The molecule has 0 fully saturated rings. The van der Waals surface area contributed by atoms with Gasteiger partial charge in [0, 0.05) is 5.56 Å². The van der Waals surface area contributed by atoms with Crippen LogP contribution in [0, 0.1) is 0 Å². The second-order valence-electron chi connectivity index (χ2n) is 7.86. The van der Waals surface area contributed by atoms with E-state index < -0.39 is 5.60 Å². The lowest BCUT2D eigenvalue weighted by atomic mass is 10.0. The quantitative estimate of drug-likeness (QED) is 0.527. The summed E-state index contributed by atoms with van der Waals surface area (Å²) in [5.74, 6) is 2.43. The fraction of sp³-hybridized carbons (Fsp3) is 0.458. The summed E-state index contributed by atoms with van der Waals surface area (Å²) in [6.07, 6.45) is 2.50. The number of carbonyl (C=O) groups excluding carboxylic acids is 1. The highest BCUT2D eigenvalue weighted by atomic mass is 16.6. The van der Waals surface area contributed by atoms with Crippen molar-refractivity contribution in [3.8, 4) is 23.0 Å². The Morgan fingerprint density at radius 1 is 0.900 bits per heavy atom. The molecule has 0 heterocycles. The highest BCUT2D eigenvalue weighted by Crippen LogP contribution is 2.38. The smallest absolute Gasteiger partial charge is 0.344 e. The standard InChI is InChI=1S/C24H32O6/c1-24(2,3)30-22(25)16-29-18-11-7-9-17(15-18)10-8-12-19-20(26-4)13-14-21(27-5)23(19)28-6/h7,9,11,13-15H,8,10,12,16H2,1-6H3. The Bertz CT molecular complexity index is 838. The van der Waals surface area contributed by atoms with Gasteiger partial charge in [-0.3, -0.25) is 0 Å². The Morgan fingerprint density at radius 2 is 1.60 bits per heavy atom. The Labute approximate surface area is 179 Å². The molecule has 6 heteroatoms. The molecule has 2 rings (SSSR count). The van der Waals surface area contributed by atoms with Crippen LogP contribution in [0.15, 0.2) is 36.4 Å². The molecule has 30 heavy (non-hydrogen) atoms. The van der Waals surface area contributed by atoms with Gasteiger partial charge in [-0.15, -0.1) is 0 Å². The molecule has 0 N–H and O–H groups in total. The first-order chi connectivity index (χ1) is 14.3. The molecular weight excluding hydrogens is 384 g/mol. The number of benzene rings is 2. The van der Waals surface area contributed by atoms with Crippen LogP contribution >= 0.6 is 0 Å². The van der Waals surface area contributed by atoms with Crippen LogP contribution in [0.25, 0.3) is 0 Å². The molecule has 2 aromatic carbocycles. The number of hydrogen-bond acceptors (Lipinski definition) is 6. The average molecular weight is 417 g/mol. The van der Waals surface area contributed by atoms with Gasteiger partial charge in [0.2, 0.25) is 0 Å². The summed E-state index contributed by atoms with van der Waals surface area (Å²) in [6, 6.07) is 11.5. The van der Waals surface area contributed by atoms with E-state index in [0.29, 0.717) is 17.2 Å². The van der Waals surface area contributed by atoms with Crippen molar-refractivity contribution < 1.29 is 28.5 Å². The molecule has 0 aromatic heterocycles. The Morgan fingerprint density at radius 3 is 2.23 bits per heavy atom. The molecule has 0 unspecified atom stereocenters. The average Bonchev–Trinajstić information content (AvgIpc) is 2.70. The maximum Gasteiger partial charge on any atom is 0.344 e. The van der Waals surface area contributed by atoms with Gasteiger partial charge in [-0.1, -0.05) is 12.1 Å². The van der Waals surface area contributed by atoms with Gasteiger partial charge >= 0.3 is 5.97 Å². The predicted octanol–water partition coefficient (Wildman–Crippen LogP) is 4.61. The molecule has 2 aromatic rings. The molecular formula is C24H32O6. The van der Waals surface area contributed by atoms with Gasteiger partial charge in [0.15, 0.2) is 18.1 Å². The van der Waals surface area contributed by atoms with E-state index in [9.17, 15) is 4.79 Å². The summed E-state index contributed by atoms with van der Waals surface area (Å²) in [5.41, 5.74) is 1.58. The van der Waals surface area contributed by atoms with Gasteiger partial charge in [-0.2, -0.15) is 0 Å². The summed E-state index contributed by atoms with van der Waals surface area (Å²) in [5, 5.41) is 0. The summed E-state index contributed by atoms with van der Waals surface area (Å²) in [4.78, 5) is 11.8. The minimum absolute atomic E-state index is 0.112. The molecule has 0 radical (unpaired) electrons. The van der Waals surface area contributed by atoms with Crippen molar-refractivity contribution in [3.63, 3.8) is 0 Å². The summed E-state index contributed by atoms with van der Waals surface area (Å²) >= 11 is 0. The van der Waals surface area contributed by atoms with E-state index in [0.717, 1.165) is 36.1 Å². The summed E-state index contributed by atoms with van der Waals surface area (Å²) in [6.45, 7) is 5.38. The molecule has 0 aliphatic heterocycles.